The summed E-state index contributed by atoms with van der Waals surface area (Å²) < 4.78 is 10.7. The Kier molecular flexibility index (Phi) is 4.65. The van der Waals surface area contributed by atoms with Crippen molar-refractivity contribution in [3.8, 4) is 11.6 Å². The van der Waals surface area contributed by atoms with Gasteiger partial charge in [-0.25, -0.2) is 0 Å². The van der Waals surface area contributed by atoms with Gasteiger partial charge in [-0.2, -0.15) is 4.98 Å². The van der Waals surface area contributed by atoms with E-state index in [0.717, 1.165) is 11.3 Å². The van der Waals surface area contributed by atoms with Crippen molar-refractivity contribution in [3.05, 3.63) is 42.0 Å². The highest BCUT2D eigenvalue weighted by molar-refractivity contribution is 5.54. The molecule has 0 atom stereocenters. The van der Waals surface area contributed by atoms with Crippen LogP contribution in [-0.4, -0.2) is 18.7 Å². The maximum atomic E-state index is 5.79. The molecule has 0 saturated carbocycles. The summed E-state index contributed by atoms with van der Waals surface area (Å²) in [6.45, 7) is 3.05. The zero-order valence-electron chi connectivity index (χ0n) is 11.7. The summed E-state index contributed by atoms with van der Waals surface area (Å²) in [4.78, 5) is 4.33. The third kappa shape index (κ3) is 3.32. The second-order valence-electron chi connectivity index (χ2n) is 4.19. The van der Waals surface area contributed by atoms with Crippen molar-refractivity contribution < 1.29 is 9.47 Å². The molecule has 5 heteroatoms. The Labute approximate surface area is 118 Å². The number of hydrogen-bond donors (Lipinski definition) is 2. The van der Waals surface area contributed by atoms with Crippen LogP contribution >= 0.6 is 0 Å². The van der Waals surface area contributed by atoms with Crippen LogP contribution in [-0.2, 0) is 6.54 Å². The molecule has 0 bridgehead atoms. The first-order chi connectivity index (χ1) is 9.74. The fourth-order valence-electron chi connectivity index (χ4n) is 1.84. The summed E-state index contributed by atoms with van der Waals surface area (Å²) >= 11 is 0. The number of benzene rings is 1. The van der Waals surface area contributed by atoms with Gasteiger partial charge in [-0.05, 0) is 25.1 Å². The zero-order chi connectivity index (χ0) is 14.4. The average Bonchev–Trinajstić information content (AvgIpc) is 2.48. The minimum absolute atomic E-state index is 0.456. The van der Waals surface area contributed by atoms with Crippen LogP contribution in [0.5, 0.6) is 11.6 Å². The molecule has 5 nitrogen and oxygen atoms in total. The van der Waals surface area contributed by atoms with Gasteiger partial charge < -0.3 is 20.5 Å². The van der Waals surface area contributed by atoms with Gasteiger partial charge in [0.25, 0.3) is 0 Å². The Bertz CT molecular complexity index is 573. The van der Waals surface area contributed by atoms with Crippen molar-refractivity contribution in [2.75, 3.05) is 24.8 Å². The third-order valence-corrected chi connectivity index (χ3v) is 2.82. The summed E-state index contributed by atoms with van der Waals surface area (Å²) in [6.07, 6.45) is 0. The molecule has 0 aliphatic rings. The number of rotatable bonds is 6. The van der Waals surface area contributed by atoms with E-state index in [0.29, 0.717) is 30.5 Å². The highest BCUT2D eigenvalue weighted by atomic mass is 16.5. The van der Waals surface area contributed by atoms with Gasteiger partial charge in [0.15, 0.2) is 0 Å². The zero-order valence-corrected chi connectivity index (χ0v) is 11.7. The van der Waals surface area contributed by atoms with Gasteiger partial charge in [-0.3, -0.25) is 0 Å². The van der Waals surface area contributed by atoms with E-state index in [1.54, 1.807) is 13.2 Å². The van der Waals surface area contributed by atoms with Gasteiger partial charge in [0.2, 0.25) is 5.88 Å². The van der Waals surface area contributed by atoms with Crippen molar-refractivity contribution in [3.63, 3.8) is 0 Å². The number of anilines is 2. The fourth-order valence-corrected chi connectivity index (χ4v) is 1.84. The molecule has 106 valence electrons. The van der Waals surface area contributed by atoms with Gasteiger partial charge in [-0.15, -0.1) is 0 Å². The Morgan fingerprint density at radius 3 is 2.75 bits per heavy atom. The normalized spacial score (nSPS) is 10.1. The summed E-state index contributed by atoms with van der Waals surface area (Å²) in [7, 11) is 1.66. The number of nitrogens with two attached hydrogens (primary N) is 1. The third-order valence-electron chi connectivity index (χ3n) is 2.82. The van der Waals surface area contributed by atoms with Crippen molar-refractivity contribution >= 4 is 11.5 Å². The van der Waals surface area contributed by atoms with E-state index in [9.17, 15) is 0 Å². The monoisotopic (exact) mass is 273 g/mol. The summed E-state index contributed by atoms with van der Waals surface area (Å²) in [5.41, 5.74) is 7.39. The standard InChI is InChI=1S/C15H19N3O2/c1-3-20-15-12(16)8-9-14(18-15)17-10-11-6-4-5-7-13(11)19-2/h4-9H,3,10,16H2,1-2H3,(H,17,18). The number of methoxy groups -OCH3 is 1. The predicted octanol–water partition coefficient (Wildman–Crippen LogP) is 2.68. The molecule has 0 saturated heterocycles. The molecule has 1 aromatic carbocycles. The SMILES string of the molecule is CCOc1nc(NCc2ccccc2OC)ccc1N. The van der Waals surface area contributed by atoms with Crippen molar-refractivity contribution in [1.82, 2.24) is 4.98 Å². The van der Waals surface area contributed by atoms with Crippen LogP contribution in [0.25, 0.3) is 0 Å². The average molecular weight is 273 g/mol. The van der Waals surface area contributed by atoms with E-state index in [2.05, 4.69) is 10.3 Å². The lowest BCUT2D eigenvalue weighted by atomic mass is 10.2. The van der Waals surface area contributed by atoms with E-state index in [1.165, 1.54) is 0 Å². The number of nitrogen functional groups attached to an aromatic ring is 1. The molecule has 0 spiro atoms. The molecule has 0 amide bonds. The van der Waals surface area contributed by atoms with Gasteiger partial charge in [-0.1, -0.05) is 18.2 Å². The van der Waals surface area contributed by atoms with E-state index in [-0.39, 0.29) is 0 Å². The van der Waals surface area contributed by atoms with Crippen molar-refractivity contribution in [1.29, 1.82) is 0 Å². The van der Waals surface area contributed by atoms with E-state index in [4.69, 9.17) is 15.2 Å². The van der Waals surface area contributed by atoms with Crippen molar-refractivity contribution in [2.45, 2.75) is 13.5 Å². The number of aromatic nitrogens is 1. The molecule has 20 heavy (non-hydrogen) atoms. The maximum Gasteiger partial charge on any atom is 0.239 e. The molecule has 0 aliphatic heterocycles. The number of pyridine rings is 1. The predicted molar refractivity (Wildman–Crippen MR) is 80.1 cm³/mol. The van der Waals surface area contributed by atoms with Crippen LogP contribution in [0, 0.1) is 0 Å². The summed E-state index contributed by atoms with van der Waals surface area (Å²) in [5, 5.41) is 3.24. The van der Waals surface area contributed by atoms with Gasteiger partial charge in [0, 0.05) is 12.1 Å². The van der Waals surface area contributed by atoms with Crippen LogP contribution in [0.2, 0.25) is 0 Å². The lowest BCUT2D eigenvalue weighted by Crippen LogP contribution is -2.05. The summed E-state index contributed by atoms with van der Waals surface area (Å²) in [6, 6.07) is 11.5. The summed E-state index contributed by atoms with van der Waals surface area (Å²) in [5.74, 6) is 2.02. The van der Waals surface area contributed by atoms with E-state index in [1.807, 2.05) is 37.3 Å². The molecule has 2 aromatic rings. The number of nitrogens with one attached hydrogen (secondary N) is 1. The topological polar surface area (TPSA) is 69.4 Å². The van der Waals surface area contributed by atoms with Gasteiger partial charge in [0.1, 0.15) is 11.6 Å². The highest BCUT2D eigenvalue weighted by Crippen LogP contribution is 2.22. The first kappa shape index (κ1) is 14.0. The molecule has 1 aromatic heterocycles. The molecular formula is C15H19N3O2. The minimum atomic E-state index is 0.456. The first-order valence-corrected chi connectivity index (χ1v) is 6.49. The van der Waals surface area contributed by atoms with E-state index < -0.39 is 0 Å². The second kappa shape index (κ2) is 6.65. The number of nitrogens with zero attached hydrogens (tertiary/aromatic N) is 1. The van der Waals surface area contributed by atoms with Gasteiger partial charge in [0.05, 0.1) is 19.4 Å². The van der Waals surface area contributed by atoms with Crippen LogP contribution in [0.1, 0.15) is 12.5 Å². The molecule has 0 unspecified atom stereocenters. The van der Waals surface area contributed by atoms with Crippen molar-refractivity contribution in [2.24, 2.45) is 0 Å². The van der Waals surface area contributed by atoms with Crippen LogP contribution in [0.15, 0.2) is 36.4 Å². The highest BCUT2D eigenvalue weighted by Gasteiger charge is 2.05. The maximum absolute atomic E-state index is 5.79. The Balaban J connectivity index is 2.09. The molecule has 0 aliphatic carbocycles. The second-order valence-corrected chi connectivity index (χ2v) is 4.19. The van der Waals surface area contributed by atoms with Crippen LogP contribution in [0.3, 0.4) is 0 Å². The lowest BCUT2D eigenvalue weighted by Gasteiger charge is -2.11. The lowest BCUT2D eigenvalue weighted by molar-refractivity contribution is 0.329. The largest absolute Gasteiger partial charge is 0.496 e. The molecule has 2 rings (SSSR count). The molecule has 1 heterocycles. The molecular weight excluding hydrogens is 254 g/mol. The van der Waals surface area contributed by atoms with Crippen LogP contribution < -0.4 is 20.5 Å². The minimum Gasteiger partial charge on any atom is -0.496 e. The Hall–Kier alpha value is -2.43. The molecule has 0 radical (unpaired) electrons. The Morgan fingerprint density at radius 1 is 1.20 bits per heavy atom. The number of para-hydroxylation sites is 1. The quantitative estimate of drug-likeness (QED) is 0.846. The van der Waals surface area contributed by atoms with E-state index >= 15 is 0 Å². The van der Waals surface area contributed by atoms with Gasteiger partial charge >= 0.3 is 0 Å². The molecule has 3 N–H and O–H groups in total. The number of ether oxygens (including phenoxy) is 2. The Morgan fingerprint density at radius 2 is 2.00 bits per heavy atom. The van der Waals surface area contributed by atoms with Crippen LogP contribution in [0.4, 0.5) is 11.5 Å². The smallest absolute Gasteiger partial charge is 0.239 e. The molecule has 0 fully saturated rings. The fraction of sp³-hybridized carbons (Fsp3) is 0.267. The first-order valence-electron chi connectivity index (χ1n) is 6.49. The number of hydrogen-bond acceptors (Lipinski definition) is 5.